The van der Waals surface area contributed by atoms with Crippen LogP contribution in [0.15, 0.2) is 45.6 Å². The van der Waals surface area contributed by atoms with Gasteiger partial charge in [-0.15, -0.1) is 0 Å². The molecular weight excluding hydrogens is 270 g/mol. The van der Waals surface area contributed by atoms with Gasteiger partial charge < -0.3 is 9.15 Å². The van der Waals surface area contributed by atoms with E-state index in [0.29, 0.717) is 35.4 Å². The Balaban J connectivity index is 1.77. The Morgan fingerprint density at radius 1 is 1.00 bits per heavy atom. The second kappa shape index (κ2) is 4.43. The van der Waals surface area contributed by atoms with Crippen molar-refractivity contribution in [2.75, 3.05) is 0 Å². The molecule has 1 aliphatic heterocycles. The van der Waals surface area contributed by atoms with E-state index in [0.717, 1.165) is 11.1 Å². The van der Waals surface area contributed by atoms with E-state index < -0.39 is 5.76 Å². The first-order valence-electron chi connectivity index (χ1n) is 6.58. The summed E-state index contributed by atoms with van der Waals surface area (Å²) in [5.41, 5.74) is 4.24. The Labute approximate surface area is 119 Å². The smallest absolute Gasteiger partial charge is 0.408 e. The van der Waals surface area contributed by atoms with Crippen molar-refractivity contribution in [1.82, 2.24) is 4.98 Å². The van der Waals surface area contributed by atoms with E-state index in [9.17, 15) is 9.59 Å². The zero-order valence-corrected chi connectivity index (χ0v) is 11.0. The average molecular weight is 281 g/mol. The van der Waals surface area contributed by atoms with E-state index in [2.05, 4.69) is 4.98 Å². The van der Waals surface area contributed by atoms with Crippen LogP contribution in [-0.4, -0.2) is 10.8 Å². The predicted molar refractivity (Wildman–Crippen MR) is 75.2 cm³/mol. The van der Waals surface area contributed by atoms with Crippen molar-refractivity contribution in [3.05, 3.63) is 69.2 Å². The molecule has 0 amide bonds. The van der Waals surface area contributed by atoms with Gasteiger partial charge in [0, 0.05) is 11.1 Å². The van der Waals surface area contributed by atoms with Gasteiger partial charge in [0.05, 0.1) is 18.7 Å². The van der Waals surface area contributed by atoms with E-state index in [1.54, 1.807) is 24.3 Å². The van der Waals surface area contributed by atoms with Gasteiger partial charge in [-0.1, -0.05) is 12.1 Å². The van der Waals surface area contributed by atoms with Crippen LogP contribution in [0.2, 0.25) is 0 Å². The monoisotopic (exact) mass is 281 g/mol. The Morgan fingerprint density at radius 2 is 1.76 bits per heavy atom. The van der Waals surface area contributed by atoms with Gasteiger partial charge in [-0.05, 0) is 35.4 Å². The van der Waals surface area contributed by atoms with Crippen molar-refractivity contribution in [3.8, 4) is 0 Å². The highest BCUT2D eigenvalue weighted by molar-refractivity contribution is 6.10. The van der Waals surface area contributed by atoms with Crippen LogP contribution in [0.1, 0.15) is 27.0 Å². The van der Waals surface area contributed by atoms with Gasteiger partial charge in [0.25, 0.3) is 0 Å². The highest BCUT2D eigenvalue weighted by Gasteiger charge is 2.16. The second-order valence-electron chi connectivity index (χ2n) is 5.03. The molecule has 1 N–H and O–H groups in total. The molecule has 0 spiro atoms. The first-order valence-corrected chi connectivity index (χ1v) is 6.58. The standard InChI is InChI=1S/C16H11NO4/c18-15(9-1-2-11-7-20-8-12(11)5-9)10-3-4-13-14(6-10)21-16(19)17-13/h1-6H,7-8H2,(H,17,19). The third-order valence-electron chi connectivity index (χ3n) is 3.67. The number of benzene rings is 2. The molecule has 5 nitrogen and oxygen atoms in total. The maximum absolute atomic E-state index is 12.5. The first-order chi connectivity index (χ1) is 10.2. The molecule has 2 aromatic carbocycles. The normalized spacial score (nSPS) is 13.5. The summed E-state index contributed by atoms with van der Waals surface area (Å²) < 4.78 is 10.3. The molecule has 3 aromatic rings. The van der Waals surface area contributed by atoms with Crippen LogP contribution in [0.3, 0.4) is 0 Å². The summed E-state index contributed by atoms with van der Waals surface area (Å²) in [6, 6.07) is 10.5. The minimum atomic E-state index is -0.524. The van der Waals surface area contributed by atoms with Crippen molar-refractivity contribution < 1.29 is 13.9 Å². The van der Waals surface area contributed by atoms with Crippen molar-refractivity contribution in [1.29, 1.82) is 0 Å². The molecule has 1 aliphatic rings. The fraction of sp³-hybridized carbons (Fsp3) is 0.125. The molecule has 0 radical (unpaired) electrons. The number of carbonyl (C=O) groups is 1. The van der Waals surface area contributed by atoms with Crippen LogP contribution in [0.25, 0.3) is 11.1 Å². The van der Waals surface area contributed by atoms with E-state index in [1.165, 1.54) is 0 Å². The summed E-state index contributed by atoms with van der Waals surface area (Å²) in [5, 5.41) is 0. The van der Waals surface area contributed by atoms with Crippen molar-refractivity contribution >= 4 is 16.9 Å². The maximum Gasteiger partial charge on any atom is 0.417 e. The zero-order chi connectivity index (χ0) is 14.4. The van der Waals surface area contributed by atoms with E-state index in [-0.39, 0.29) is 5.78 Å². The topological polar surface area (TPSA) is 72.3 Å². The lowest BCUT2D eigenvalue weighted by atomic mass is 9.99. The summed E-state index contributed by atoms with van der Waals surface area (Å²) in [6.07, 6.45) is 0. The number of oxazole rings is 1. The number of aromatic amines is 1. The molecule has 0 atom stereocenters. The van der Waals surface area contributed by atoms with Crippen LogP contribution in [0.4, 0.5) is 0 Å². The quantitative estimate of drug-likeness (QED) is 0.732. The number of fused-ring (bicyclic) bond motifs is 2. The van der Waals surface area contributed by atoms with Crippen LogP contribution >= 0.6 is 0 Å². The molecule has 0 saturated carbocycles. The largest absolute Gasteiger partial charge is 0.417 e. The zero-order valence-electron chi connectivity index (χ0n) is 11.0. The van der Waals surface area contributed by atoms with Crippen LogP contribution < -0.4 is 5.76 Å². The Kier molecular flexibility index (Phi) is 2.55. The number of carbonyl (C=O) groups excluding carboxylic acids is 1. The van der Waals surface area contributed by atoms with E-state index in [1.807, 2.05) is 12.1 Å². The Hall–Kier alpha value is -2.66. The molecule has 5 heteroatoms. The second-order valence-corrected chi connectivity index (χ2v) is 5.03. The molecule has 21 heavy (non-hydrogen) atoms. The van der Waals surface area contributed by atoms with Gasteiger partial charge in [0.15, 0.2) is 11.4 Å². The predicted octanol–water partition coefficient (Wildman–Crippen LogP) is 2.38. The summed E-state index contributed by atoms with van der Waals surface area (Å²) in [7, 11) is 0. The highest BCUT2D eigenvalue weighted by Crippen LogP contribution is 2.23. The molecule has 0 bridgehead atoms. The maximum atomic E-state index is 12.5. The van der Waals surface area contributed by atoms with Crippen molar-refractivity contribution in [2.24, 2.45) is 0 Å². The number of ether oxygens (including phenoxy) is 1. The molecule has 0 fully saturated rings. The van der Waals surface area contributed by atoms with Crippen LogP contribution in [-0.2, 0) is 18.0 Å². The SMILES string of the molecule is O=C(c1ccc2c(c1)COC2)c1ccc2[nH]c(=O)oc2c1. The summed E-state index contributed by atoms with van der Waals surface area (Å²) in [6.45, 7) is 1.15. The number of hydrogen-bond acceptors (Lipinski definition) is 4. The molecule has 2 heterocycles. The fourth-order valence-corrected chi connectivity index (χ4v) is 2.57. The Morgan fingerprint density at radius 3 is 2.67 bits per heavy atom. The minimum absolute atomic E-state index is 0.101. The lowest BCUT2D eigenvalue weighted by Gasteiger charge is -2.03. The number of nitrogens with one attached hydrogen (secondary N) is 1. The van der Waals surface area contributed by atoms with Crippen LogP contribution in [0, 0.1) is 0 Å². The van der Waals surface area contributed by atoms with Gasteiger partial charge >= 0.3 is 5.76 Å². The lowest BCUT2D eigenvalue weighted by Crippen LogP contribution is -2.02. The van der Waals surface area contributed by atoms with Gasteiger partial charge in [0.2, 0.25) is 0 Å². The average Bonchev–Trinajstić information content (AvgIpc) is 3.09. The summed E-state index contributed by atoms with van der Waals surface area (Å²) in [5.74, 6) is -0.625. The highest BCUT2D eigenvalue weighted by atomic mass is 16.5. The first kappa shape index (κ1) is 12.1. The molecule has 1 aromatic heterocycles. The number of H-pyrrole nitrogens is 1. The summed E-state index contributed by atoms with van der Waals surface area (Å²) >= 11 is 0. The molecule has 104 valence electrons. The fourth-order valence-electron chi connectivity index (χ4n) is 2.57. The van der Waals surface area contributed by atoms with Crippen LogP contribution in [0.5, 0.6) is 0 Å². The lowest BCUT2D eigenvalue weighted by molar-refractivity contribution is 0.103. The molecule has 0 aliphatic carbocycles. The summed E-state index contributed by atoms with van der Waals surface area (Å²) in [4.78, 5) is 26.2. The molecule has 0 unspecified atom stereocenters. The number of hydrogen-bond donors (Lipinski definition) is 1. The molecule has 4 rings (SSSR count). The van der Waals surface area contributed by atoms with E-state index in [4.69, 9.17) is 9.15 Å². The van der Waals surface area contributed by atoms with Gasteiger partial charge in [0.1, 0.15) is 0 Å². The van der Waals surface area contributed by atoms with Gasteiger partial charge in [-0.25, -0.2) is 4.79 Å². The third kappa shape index (κ3) is 1.98. The number of aromatic nitrogens is 1. The van der Waals surface area contributed by atoms with Gasteiger partial charge in [-0.3, -0.25) is 9.78 Å². The Bertz CT molecular complexity index is 919. The van der Waals surface area contributed by atoms with Crippen molar-refractivity contribution in [3.63, 3.8) is 0 Å². The van der Waals surface area contributed by atoms with Gasteiger partial charge in [-0.2, -0.15) is 0 Å². The molecule has 0 saturated heterocycles. The third-order valence-corrected chi connectivity index (χ3v) is 3.67. The minimum Gasteiger partial charge on any atom is -0.408 e. The van der Waals surface area contributed by atoms with Crippen molar-refractivity contribution in [2.45, 2.75) is 13.2 Å². The number of rotatable bonds is 2. The van der Waals surface area contributed by atoms with E-state index >= 15 is 0 Å². The molecular formula is C16H11NO4. The number of ketones is 1.